The van der Waals surface area contributed by atoms with Crippen molar-refractivity contribution in [3.8, 4) is 6.07 Å². The molecule has 0 aromatic carbocycles. The van der Waals surface area contributed by atoms with Crippen LogP contribution in [-0.4, -0.2) is 40.5 Å². The molecule has 2 heterocycles. The quantitative estimate of drug-likeness (QED) is 0.667. The summed E-state index contributed by atoms with van der Waals surface area (Å²) in [6.45, 7) is 3.13. The topological polar surface area (TPSA) is 95.1 Å². The number of anilines is 1. The van der Waals surface area contributed by atoms with Crippen molar-refractivity contribution in [1.82, 2.24) is 9.88 Å². The summed E-state index contributed by atoms with van der Waals surface area (Å²) in [5, 5.41) is 23.0. The standard InChI is InChI=1S/C13H17N5O2/c1-9-5-11(3-4-17(9)2)16-13-10(7-14)6-12(8-15-13)18(19)20/h6,8-9,11H,3-5H2,1-2H3,(H,15,16). The van der Waals surface area contributed by atoms with Gasteiger partial charge in [-0.25, -0.2) is 4.98 Å². The number of rotatable bonds is 3. The Kier molecular flexibility index (Phi) is 4.15. The van der Waals surface area contributed by atoms with E-state index in [9.17, 15) is 10.1 Å². The van der Waals surface area contributed by atoms with Crippen LogP contribution >= 0.6 is 0 Å². The van der Waals surface area contributed by atoms with Gasteiger partial charge in [0.05, 0.1) is 4.92 Å². The van der Waals surface area contributed by atoms with Crippen molar-refractivity contribution < 1.29 is 4.92 Å². The van der Waals surface area contributed by atoms with Gasteiger partial charge in [0.1, 0.15) is 23.6 Å². The number of nitrogens with zero attached hydrogens (tertiary/aromatic N) is 4. The third-order valence-corrected chi connectivity index (χ3v) is 3.75. The first kappa shape index (κ1) is 14.2. The normalized spacial score (nSPS) is 23.1. The van der Waals surface area contributed by atoms with Crippen molar-refractivity contribution in [2.75, 3.05) is 18.9 Å². The maximum atomic E-state index is 10.7. The first-order valence-electron chi connectivity index (χ1n) is 6.52. The Hall–Kier alpha value is -2.20. The lowest BCUT2D eigenvalue weighted by Gasteiger charge is -2.35. The van der Waals surface area contributed by atoms with Gasteiger partial charge in [0.25, 0.3) is 5.69 Å². The van der Waals surface area contributed by atoms with E-state index in [4.69, 9.17) is 5.26 Å². The lowest BCUT2D eigenvalue weighted by molar-refractivity contribution is -0.385. The van der Waals surface area contributed by atoms with Crippen molar-refractivity contribution in [2.45, 2.75) is 31.8 Å². The molecule has 106 valence electrons. The molecule has 0 spiro atoms. The number of pyridine rings is 1. The van der Waals surface area contributed by atoms with Gasteiger partial charge >= 0.3 is 0 Å². The molecule has 1 aromatic rings. The second-order valence-corrected chi connectivity index (χ2v) is 5.15. The fourth-order valence-electron chi connectivity index (χ4n) is 2.37. The number of likely N-dealkylation sites (tertiary alicyclic amines) is 1. The number of nitro groups is 1. The number of hydrogen-bond acceptors (Lipinski definition) is 6. The zero-order chi connectivity index (χ0) is 14.7. The fourth-order valence-corrected chi connectivity index (χ4v) is 2.37. The largest absolute Gasteiger partial charge is 0.366 e. The first-order chi connectivity index (χ1) is 9.51. The Balaban J connectivity index is 2.14. The molecule has 2 atom stereocenters. The van der Waals surface area contributed by atoms with Crippen LogP contribution < -0.4 is 5.32 Å². The van der Waals surface area contributed by atoms with Gasteiger partial charge in [0, 0.05) is 24.7 Å². The summed E-state index contributed by atoms with van der Waals surface area (Å²) in [5.41, 5.74) is 0.0506. The van der Waals surface area contributed by atoms with Gasteiger partial charge in [0.15, 0.2) is 0 Å². The molecule has 2 unspecified atom stereocenters. The molecule has 0 amide bonds. The van der Waals surface area contributed by atoms with Crippen LogP contribution in [0.1, 0.15) is 25.3 Å². The highest BCUT2D eigenvalue weighted by atomic mass is 16.6. The SMILES string of the molecule is CC1CC(Nc2ncc([N+](=O)[O-])cc2C#N)CCN1C. The van der Waals surface area contributed by atoms with Crippen LogP contribution in [0, 0.1) is 21.4 Å². The van der Waals surface area contributed by atoms with Crippen molar-refractivity contribution in [3.05, 3.63) is 27.9 Å². The molecule has 2 rings (SSSR count). The molecule has 0 bridgehead atoms. The Morgan fingerprint density at radius 3 is 3.00 bits per heavy atom. The highest BCUT2D eigenvalue weighted by molar-refractivity contribution is 5.56. The van der Waals surface area contributed by atoms with Crippen LogP contribution in [0.2, 0.25) is 0 Å². The third-order valence-electron chi connectivity index (χ3n) is 3.75. The summed E-state index contributed by atoms with van der Waals surface area (Å²) in [6, 6.07) is 3.92. The number of nitriles is 1. The Morgan fingerprint density at radius 2 is 2.40 bits per heavy atom. The highest BCUT2D eigenvalue weighted by Gasteiger charge is 2.24. The first-order valence-corrected chi connectivity index (χ1v) is 6.52. The van der Waals surface area contributed by atoms with Crippen molar-refractivity contribution in [2.24, 2.45) is 0 Å². The smallest absolute Gasteiger partial charge is 0.289 e. The van der Waals surface area contributed by atoms with Gasteiger partial charge < -0.3 is 10.2 Å². The Morgan fingerprint density at radius 1 is 1.65 bits per heavy atom. The van der Waals surface area contributed by atoms with E-state index in [-0.39, 0.29) is 17.3 Å². The van der Waals surface area contributed by atoms with Crippen LogP contribution in [0.15, 0.2) is 12.3 Å². The summed E-state index contributed by atoms with van der Waals surface area (Å²) in [6.07, 6.45) is 3.10. The fraction of sp³-hybridized carbons (Fsp3) is 0.538. The zero-order valence-electron chi connectivity index (χ0n) is 11.5. The van der Waals surface area contributed by atoms with Crippen LogP contribution in [0.3, 0.4) is 0 Å². The third kappa shape index (κ3) is 3.03. The van der Waals surface area contributed by atoms with E-state index in [1.54, 1.807) is 0 Å². The van der Waals surface area contributed by atoms with E-state index < -0.39 is 4.92 Å². The van der Waals surface area contributed by atoms with E-state index in [0.29, 0.717) is 11.9 Å². The van der Waals surface area contributed by atoms with E-state index in [0.717, 1.165) is 19.4 Å². The Bertz CT molecular complexity index is 554. The lowest BCUT2D eigenvalue weighted by atomic mass is 9.99. The molecular weight excluding hydrogens is 258 g/mol. The van der Waals surface area contributed by atoms with E-state index in [2.05, 4.69) is 29.2 Å². The molecule has 1 fully saturated rings. The van der Waals surface area contributed by atoms with Crippen LogP contribution in [0.25, 0.3) is 0 Å². The van der Waals surface area contributed by atoms with Gasteiger partial charge in [-0.2, -0.15) is 5.26 Å². The van der Waals surface area contributed by atoms with Crippen LogP contribution in [-0.2, 0) is 0 Å². The van der Waals surface area contributed by atoms with Crippen molar-refractivity contribution in [3.63, 3.8) is 0 Å². The minimum absolute atomic E-state index is 0.163. The summed E-state index contributed by atoms with van der Waals surface area (Å²) in [5.74, 6) is 0.430. The zero-order valence-corrected chi connectivity index (χ0v) is 11.5. The minimum atomic E-state index is -0.546. The summed E-state index contributed by atoms with van der Waals surface area (Å²) >= 11 is 0. The van der Waals surface area contributed by atoms with Gasteiger partial charge in [-0.1, -0.05) is 0 Å². The highest BCUT2D eigenvalue weighted by Crippen LogP contribution is 2.23. The van der Waals surface area contributed by atoms with Gasteiger partial charge in [0.2, 0.25) is 0 Å². The number of piperidine rings is 1. The number of aromatic nitrogens is 1. The predicted octanol–water partition coefficient (Wildman–Crippen LogP) is 1.76. The maximum absolute atomic E-state index is 10.7. The number of nitrogens with one attached hydrogen (secondary N) is 1. The molecule has 1 aliphatic rings. The summed E-state index contributed by atoms with van der Waals surface area (Å²) in [4.78, 5) is 16.4. The molecule has 7 heteroatoms. The molecule has 20 heavy (non-hydrogen) atoms. The van der Waals surface area contributed by atoms with Crippen molar-refractivity contribution >= 4 is 11.5 Å². The van der Waals surface area contributed by atoms with Gasteiger partial charge in [-0.3, -0.25) is 10.1 Å². The molecule has 1 N–H and O–H groups in total. The molecule has 7 nitrogen and oxygen atoms in total. The molecule has 0 saturated carbocycles. The second kappa shape index (κ2) is 5.84. The number of hydrogen-bond donors (Lipinski definition) is 1. The van der Waals surface area contributed by atoms with Crippen molar-refractivity contribution in [1.29, 1.82) is 5.26 Å². The average molecular weight is 275 g/mol. The molecule has 0 aliphatic carbocycles. The monoisotopic (exact) mass is 275 g/mol. The van der Waals surface area contributed by atoms with Gasteiger partial charge in [-0.15, -0.1) is 0 Å². The Labute approximate surface area is 117 Å². The molecule has 0 radical (unpaired) electrons. The molecule has 1 aliphatic heterocycles. The van der Waals surface area contributed by atoms with Crippen LogP contribution in [0.4, 0.5) is 11.5 Å². The summed E-state index contributed by atoms with van der Waals surface area (Å²) < 4.78 is 0. The average Bonchev–Trinajstić information content (AvgIpc) is 2.43. The minimum Gasteiger partial charge on any atom is -0.366 e. The maximum Gasteiger partial charge on any atom is 0.289 e. The van der Waals surface area contributed by atoms with E-state index >= 15 is 0 Å². The molecule has 1 aromatic heterocycles. The molecule has 1 saturated heterocycles. The lowest BCUT2D eigenvalue weighted by Crippen LogP contribution is -2.42. The second-order valence-electron chi connectivity index (χ2n) is 5.15. The summed E-state index contributed by atoms with van der Waals surface area (Å²) in [7, 11) is 2.09. The molecular formula is C13H17N5O2. The van der Waals surface area contributed by atoms with Crippen LogP contribution in [0.5, 0.6) is 0 Å². The predicted molar refractivity (Wildman–Crippen MR) is 74.3 cm³/mol. The van der Waals surface area contributed by atoms with E-state index in [1.165, 1.54) is 12.3 Å². The van der Waals surface area contributed by atoms with E-state index in [1.807, 2.05) is 6.07 Å². The van der Waals surface area contributed by atoms with Gasteiger partial charge in [-0.05, 0) is 26.8 Å².